The highest BCUT2D eigenvalue weighted by Gasteiger charge is 2.37. The van der Waals surface area contributed by atoms with Crippen molar-refractivity contribution in [2.45, 2.75) is 32.2 Å². The first-order valence-corrected chi connectivity index (χ1v) is 6.96. The van der Waals surface area contributed by atoms with E-state index in [-0.39, 0.29) is 18.6 Å². The first-order valence-electron chi connectivity index (χ1n) is 6.96. The van der Waals surface area contributed by atoms with Crippen molar-refractivity contribution in [1.29, 1.82) is 0 Å². The SMILES string of the molecule is CC(C)[C@H]1COC(=O)N1OC[C@@H](F)[C@H](O)c1ccccc1. The van der Waals surface area contributed by atoms with Crippen LogP contribution in [-0.2, 0) is 9.57 Å². The van der Waals surface area contributed by atoms with E-state index in [2.05, 4.69) is 0 Å². The van der Waals surface area contributed by atoms with Crippen LogP contribution in [0.3, 0.4) is 0 Å². The first-order chi connectivity index (χ1) is 10.0. The Morgan fingerprint density at radius 1 is 1.43 bits per heavy atom. The molecule has 1 aliphatic rings. The molecular weight excluding hydrogens is 277 g/mol. The molecule has 1 N–H and O–H groups in total. The molecule has 1 amide bonds. The highest BCUT2D eigenvalue weighted by Crippen LogP contribution is 2.23. The number of aliphatic hydroxyl groups excluding tert-OH is 1. The molecule has 1 saturated heterocycles. The molecule has 0 spiro atoms. The van der Waals surface area contributed by atoms with Crippen molar-refractivity contribution in [2.24, 2.45) is 5.92 Å². The maximum Gasteiger partial charge on any atom is 0.434 e. The molecular formula is C15H20FNO4. The third-order valence-electron chi connectivity index (χ3n) is 3.48. The molecule has 0 aromatic heterocycles. The Balaban J connectivity index is 1.91. The van der Waals surface area contributed by atoms with E-state index in [4.69, 9.17) is 9.57 Å². The van der Waals surface area contributed by atoms with E-state index in [1.54, 1.807) is 30.3 Å². The summed E-state index contributed by atoms with van der Waals surface area (Å²) in [5.41, 5.74) is 0.470. The second-order valence-corrected chi connectivity index (χ2v) is 5.38. The molecule has 0 saturated carbocycles. The number of amides is 1. The number of hydrogen-bond acceptors (Lipinski definition) is 4. The number of hydroxylamine groups is 2. The van der Waals surface area contributed by atoms with Gasteiger partial charge in [0.15, 0.2) is 6.17 Å². The Hall–Kier alpha value is -1.66. The molecule has 5 nitrogen and oxygen atoms in total. The van der Waals surface area contributed by atoms with E-state index in [1.165, 1.54) is 0 Å². The van der Waals surface area contributed by atoms with Gasteiger partial charge in [0.1, 0.15) is 19.3 Å². The van der Waals surface area contributed by atoms with Crippen molar-refractivity contribution >= 4 is 6.09 Å². The number of carbonyl (C=O) groups excluding carboxylic acids is 1. The minimum atomic E-state index is -1.63. The number of carbonyl (C=O) groups is 1. The third-order valence-corrected chi connectivity index (χ3v) is 3.48. The van der Waals surface area contributed by atoms with E-state index < -0.39 is 25.0 Å². The molecule has 1 heterocycles. The summed E-state index contributed by atoms with van der Waals surface area (Å²) in [7, 11) is 0. The largest absolute Gasteiger partial charge is 0.446 e. The molecule has 21 heavy (non-hydrogen) atoms. The molecule has 1 aromatic rings. The minimum Gasteiger partial charge on any atom is -0.446 e. The highest BCUT2D eigenvalue weighted by molar-refractivity contribution is 5.68. The smallest absolute Gasteiger partial charge is 0.434 e. The average molecular weight is 297 g/mol. The maximum absolute atomic E-state index is 14.0. The number of benzene rings is 1. The van der Waals surface area contributed by atoms with Crippen LogP contribution in [0.5, 0.6) is 0 Å². The first kappa shape index (κ1) is 15.7. The molecule has 1 fully saturated rings. The van der Waals surface area contributed by atoms with Gasteiger partial charge in [0.05, 0.1) is 6.04 Å². The molecule has 2 rings (SSSR count). The van der Waals surface area contributed by atoms with Gasteiger partial charge < -0.3 is 9.84 Å². The van der Waals surface area contributed by atoms with Crippen LogP contribution < -0.4 is 0 Å². The summed E-state index contributed by atoms with van der Waals surface area (Å²) in [6.45, 7) is 3.67. The zero-order chi connectivity index (χ0) is 15.4. The summed E-state index contributed by atoms with van der Waals surface area (Å²) < 4.78 is 18.9. The second kappa shape index (κ2) is 6.87. The van der Waals surface area contributed by atoms with E-state index in [0.29, 0.717) is 5.56 Å². The molecule has 0 bridgehead atoms. The lowest BCUT2D eigenvalue weighted by atomic mass is 10.1. The number of rotatable bonds is 6. The number of halogens is 1. The van der Waals surface area contributed by atoms with Gasteiger partial charge in [0.2, 0.25) is 0 Å². The fraction of sp³-hybridized carbons (Fsp3) is 0.533. The monoisotopic (exact) mass is 297 g/mol. The molecule has 0 aliphatic carbocycles. The van der Waals surface area contributed by atoms with Crippen LogP contribution >= 0.6 is 0 Å². The average Bonchev–Trinajstić information content (AvgIpc) is 2.86. The predicted octanol–water partition coefficient (Wildman–Crippen LogP) is 2.47. The zero-order valence-electron chi connectivity index (χ0n) is 12.1. The van der Waals surface area contributed by atoms with E-state index in [9.17, 15) is 14.3 Å². The van der Waals surface area contributed by atoms with Gasteiger partial charge in [0, 0.05) is 0 Å². The van der Waals surface area contributed by atoms with Gasteiger partial charge in [-0.15, -0.1) is 0 Å². The normalized spacial score (nSPS) is 21.5. The Kier molecular flexibility index (Phi) is 5.14. The standard InChI is InChI=1S/C15H20FNO4/c1-10(2)13-9-20-15(19)17(13)21-8-12(16)14(18)11-6-4-3-5-7-11/h3-7,10,12-14,18H,8-9H2,1-2H3/t12-,13-,14-/m1/s1. The van der Waals surface area contributed by atoms with Crippen LogP contribution in [0.15, 0.2) is 30.3 Å². The number of aliphatic hydroxyl groups is 1. The number of hydrogen-bond donors (Lipinski definition) is 1. The van der Waals surface area contributed by atoms with E-state index in [0.717, 1.165) is 5.06 Å². The summed E-state index contributed by atoms with van der Waals surface area (Å²) in [6.07, 6.45) is -3.54. The van der Waals surface area contributed by atoms with Crippen molar-refractivity contribution < 1.29 is 23.9 Å². The summed E-state index contributed by atoms with van der Waals surface area (Å²) in [5.74, 6) is 0.133. The van der Waals surface area contributed by atoms with Gasteiger partial charge >= 0.3 is 6.09 Å². The van der Waals surface area contributed by atoms with Gasteiger partial charge in [-0.3, -0.25) is 4.84 Å². The number of ether oxygens (including phenoxy) is 1. The minimum absolute atomic E-state index is 0.133. The Morgan fingerprint density at radius 3 is 2.71 bits per heavy atom. The van der Waals surface area contributed by atoms with Crippen LogP contribution in [-0.4, -0.2) is 41.7 Å². The molecule has 3 atom stereocenters. The van der Waals surface area contributed by atoms with Crippen LogP contribution in [0.25, 0.3) is 0 Å². The van der Waals surface area contributed by atoms with Crippen LogP contribution in [0.1, 0.15) is 25.5 Å². The highest BCUT2D eigenvalue weighted by atomic mass is 19.1. The maximum atomic E-state index is 14.0. The Morgan fingerprint density at radius 2 is 2.10 bits per heavy atom. The topological polar surface area (TPSA) is 59.0 Å². The number of nitrogens with zero attached hydrogens (tertiary/aromatic N) is 1. The van der Waals surface area contributed by atoms with E-state index >= 15 is 0 Å². The van der Waals surface area contributed by atoms with Crippen molar-refractivity contribution in [3.8, 4) is 0 Å². The summed E-state index contributed by atoms with van der Waals surface area (Å²) in [6, 6.07) is 8.26. The van der Waals surface area contributed by atoms with Crippen LogP contribution in [0.2, 0.25) is 0 Å². The van der Waals surface area contributed by atoms with Gasteiger partial charge in [0.25, 0.3) is 0 Å². The van der Waals surface area contributed by atoms with Gasteiger partial charge in [-0.2, -0.15) is 5.06 Å². The van der Waals surface area contributed by atoms with Crippen molar-refractivity contribution in [3.05, 3.63) is 35.9 Å². The van der Waals surface area contributed by atoms with Crippen LogP contribution in [0.4, 0.5) is 9.18 Å². The lowest BCUT2D eigenvalue weighted by Crippen LogP contribution is -2.39. The third kappa shape index (κ3) is 3.71. The molecule has 1 aromatic carbocycles. The fourth-order valence-electron chi connectivity index (χ4n) is 2.14. The van der Waals surface area contributed by atoms with Gasteiger partial charge in [-0.25, -0.2) is 9.18 Å². The summed E-state index contributed by atoms with van der Waals surface area (Å²) >= 11 is 0. The molecule has 0 unspecified atom stereocenters. The lowest BCUT2D eigenvalue weighted by molar-refractivity contribution is -0.161. The molecule has 116 valence electrons. The molecule has 0 radical (unpaired) electrons. The van der Waals surface area contributed by atoms with Gasteiger partial charge in [-0.1, -0.05) is 44.2 Å². The lowest BCUT2D eigenvalue weighted by Gasteiger charge is -2.25. The zero-order valence-corrected chi connectivity index (χ0v) is 12.1. The number of alkyl halides is 1. The Labute approximate surface area is 123 Å². The molecule has 1 aliphatic heterocycles. The van der Waals surface area contributed by atoms with Crippen molar-refractivity contribution in [3.63, 3.8) is 0 Å². The van der Waals surface area contributed by atoms with Gasteiger partial charge in [-0.05, 0) is 11.5 Å². The van der Waals surface area contributed by atoms with E-state index in [1.807, 2.05) is 13.8 Å². The predicted molar refractivity (Wildman–Crippen MR) is 74.1 cm³/mol. The summed E-state index contributed by atoms with van der Waals surface area (Å²) in [5, 5.41) is 11.0. The Bertz CT molecular complexity index is 468. The fourth-order valence-corrected chi connectivity index (χ4v) is 2.14. The van der Waals surface area contributed by atoms with Crippen LogP contribution in [0, 0.1) is 5.92 Å². The number of cyclic esters (lactones) is 1. The van der Waals surface area contributed by atoms with Crippen molar-refractivity contribution in [2.75, 3.05) is 13.2 Å². The summed E-state index contributed by atoms with van der Waals surface area (Å²) in [4.78, 5) is 16.8. The van der Waals surface area contributed by atoms with Crippen molar-refractivity contribution in [1.82, 2.24) is 5.06 Å². The molecule has 6 heteroatoms. The second-order valence-electron chi connectivity index (χ2n) is 5.38. The quantitative estimate of drug-likeness (QED) is 0.876.